The number of nitrogens with one attached hydrogen (secondary N) is 3. The normalized spacial score (nSPS) is 13.2. The van der Waals surface area contributed by atoms with E-state index in [9.17, 15) is 24.0 Å². The average molecular weight is 495 g/mol. The molecule has 0 aromatic heterocycles. The number of hydrogen-bond donors (Lipinski definition) is 3. The minimum absolute atomic E-state index is 0.195. The Kier molecular flexibility index (Phi) is 7.19. The maximum atomic E-state index is 12.8. The van der Waals surface area contributed by atoms with E-state index in [1.807, 2.05) is 0 Å². The summed E-state index contributed by atoms with van der Waals surface area (Å²) in [5.41, 5.74) is 0.278. The number of fused-ring (bicyclic) bond motifs is 1. The van der Waals surface area contributed by atoms with Crippen LogP contribution in [0.3, 0.4) is 0 Å². The van der Waals surface area contributed by atoms with Gasteiger partial charge >= 0.3 is 6.09 Å². The lowest BCUT2D eigenvalue weighted by Crippen LogP contribution is -2.45. The van der Waals surface area contributed by atoms with Gasteiger partial charge in [0, 0.05) is 22.5 Å². The molecule has 1 aliphatic heterocycles. The van der Waals surface area contributed by atoms with Crippen molar-refractivity contribution in [3.05, 3.63) is 59.2 Å². The second-order valence-corrected chi connectivity index (χ2v) is 10.3. The summed E-state index contributed by atoms with van der Waals surface area (Å²) < 4.78 is 5.08. The van der Waals surface area contributed by atoms with Gasteiger partial charge in [-0.3, -0.25) is 24.1 Å². The monoisotopic (exact) mass is 494 g/mol. The predicted molar refractivity (Wildman–Crippen MR) is 134 cm³/mol. The van der Waals surface area contributed by atoms with Gasteiger partial charge in [-0.05, 0) is 84.0 Å². The van der Waals surface area contributed by atoms with Gasteiger partial charge in [0.2, 0.25) is 5.91 Å². The first-order chi connectivity index (χ1) is 16.7. The standard InChI is InChI=1S/C26H30N4O6/c1-25(2,3)30-22(33)18-12-7-15(13-19(18)23(30)34)21(32)29-17-10-8-16(9-11-17)28-20(31)14-27-24(35)36-26(4,5)6/h7-13H,14H2,1-6H3,(H,27,35)(H,28,31)(H,29,32). The zero-order valence-corrected chi connectivity index (χ0v) is 21.1. The van der Waals surface area contributed by atoms with E-state index in [1.165, 1.54) is 23.1 Å². The summed E-state index contributed by atoms with van der Waals surface area (Å²) in [6.07, 6.45) is -0.695. The largest absolute Gasteiger partial charge is 0.444 e. The van der Waals surface area contributed by atoms with E-state index in [-0.39, 0.29) is 29.1 Å². The molecule has 10 heteroatoms. The Labute approximate surface area is 209 Å². The smallest absolute Gasteiger partial charge is 0.408 e. The summed E-state index contributed by atoms with van der Waals surface area (Å²) in [6, 6.07) is 10.8. The van der Waals surface area contributed by atoms with Crippen LogP contribution in [0.5, 0.6) is 0 Å². The molecule has 0 aliphatic carbocycles. The molecule has 0 atom stereocenters. The van der Waals surface area contributed by atoms with Gasteiger partial charge in [-0.25, -0.2) is 4.79 Å². The van der Waals surface area contributed by atoms with Crippen LogP contribution >= 0.6 is 0 Å². The van der Waals surface area contributed by atoms with Crippen molar-refractivity contribution in [2.45, 2.75) is 52.7 Å². The number of carbonyl (C=O) groups excluding carboxylic acids is 5. The number of alkyl carbamates (subject to hydrolysis) is 1. The highest BCUT2D eigenvalue weighted by Crippen LogP contribution is 2.30. The van der Waals surface area contributed by atoms with E-state index < -0.39 is 35.0 Å². The molecular weight excluding hydrogens is 464 g/mol. The number of rotatable bonds is 5. The molecule has 0 fully saturated rings. The van der Waals surface area contributed by atoms with E-state index in [0.29, 0.717) is 11.4 Å². The summed E-state index contributed by atoms with van der Waals surface area (Å²) >= 11 is 0. The number of imide groups is 1. The summed E-state index contributed by atoms with van der Waals surface area (Å²) in [4.78, 5) is 63.0. The van der Waals surface area contributed by atoms with Crippen LogP contribution < -0.4 is 16.0 Å². The molecule has 0 unspecified atom stereocenters. The number of nitrogens with zero attached hydrogens (tertiary/aromatic N) is 1. The van der Waals surface area contributed by atoms with Gasteiger partial charge in [0.05, 0.1) is 11.1 Å². The number of amides is 5. The van der Waals surface area contributed by atoms with Crippen LogP contribution in [0.15, 0.2) is 42.5 Å². The lowest BCUT2D eigenvalue weighted by molar-refractivity contribution is -0.115. The molecule has 1 heterocycles. The molecule has 0 radical (unpaired) electrons. The molecule has 2 aromatic rings. The quantitative estimate of drug-likeness (QED) is 0.542. The fourth-order valence-corrected chi connectivity index (χ4v) is 3.50. The molecular formula is C26H30N4O6. The second-order valence-electron chi connectivity index (χ2n) is 10.3. The molecule has 1 aliphatic rings. The first-order valence-electron chi connectivity index (χ1n) is 11.4. The maximum Gasteiger partial charge on any atom is 0.408 e. The first kappa shape index (κ1) is 26.4. The minimum atomic E-state index is -0.695. The first-order valence-corrected chi connectivity index (χ1v) is 11.4. The molecule has 0 saturated heterocycles. The van der Waals surface area contributed by atoms with Crippen molar-refractivity contribution in [3.8, 4) is 0 Å². The fourth-order valence-electron chi connectivity index (χ4n) is 3.50. The molecule has 0 bridgehead atoms. The van der Waals surface area contributed by atoms with Gasteiger partial charge in [0.25, 0.3) is 17.7 Å². The molecule has 36 heavy (non-hydrogen) atoms. The third kappa shape index (κ3) is 6.26. The third-order valence-electron chi connectivity index (χ3n) is 5.04. The minimum Gasteiger partial charge on any atom is -0.444 e. The van der Waals surface area contributed by atoms with Gasteiger partial charge in [0.1, 0.15) is 12.1 Å². The van der Waals surface area contributed by atoms with Crippen molar-refractivity contribution in [2.24, 2.45) is 0 Å². The molecule has 3 rings (SSSR count). The van der Waals surface area contributed by atoms with Gasteiger partial charge < -0.3 is 20.7 Å². The predicted octanol–water partition coefficient (Wildman–Crippen LogP) is 3.80. The zero-order valence-electron chi connectivity index (χ0n) is 21.1. The maximum absolute atomic E-state index is 12.8. The SMILES string of the molecule is CC(C)(C)OC(=O)NCC(=O)Nc1ccc(NC(=O)c2ccc3c(c2)C(=O)N(C(C)(C)C)C3=O)cc1. The second kappa shape index (κ2) is 9.80. The topological polar surface area (TPSA) is 134 Å². The summed E-state index contributed by atoms with van der Waals surface area (Å²) in [7, 11) is 0. The molecule has 10 nitrogen and oxygen atoms in total. The Hall–Kier alpha value is -4.21. The molecule has 5 amide bonds. The van der Waals surface area contributed by atoms with Crippen LogP contribution in [0, 0.1) is 0 Å². The van der Waals surface area contributed by atoms with Crippen LogP contribution in [-0.4, -0.2) is 52.3 Å². The Balaban J connectivity index is 1.59. The third-order valence-corrected chi connectivity index (χ3v) is 5.04. The van der Waals surface area contributed by atoms with Crippen molar-refractivity contribution in [1.29, 1.82) is 0 Å². The summed E-state index contributed by atoms with van der Waals surface area (Å²) in [5, 5.41) is 7.73. The van der Waals surface area contributed by atoms with Crippen LogP contribution in [0.4, 0.5) is 16.2 Å². The molecule has 2 aromatic carbocycles. The number of carbonyl (C=O) groups is 5. The Bertz CT molecular complexity index is 1220. The lowest BCUT2D eigenvalue weighted by atomic mass is 10.1. The molecule has 190 valence electrons. The summed E-state index contributed by atoms with van der Waals surface area (Å²) in [6.45, 7) is 10.2. The highest BCUT2D eigenvalue weighted by molar-refractivity contribution is 6.22. The van der Waals surface area contributed by atoms with Crippen molar-refractivity contribution >= 4 is 41.1 Å². The van der Waals surface area contributed by atoms with Gasteiger partial charge in [-0.2, -0.15) is 0 Å². The highest BCUT2D eigenvalue weighted by atomic mass is 16.6. The molecule has 0 saturated carbocycles. The number of ether oxygens (including phenoxy) is 1. The van der Waals surface area contributed by atoms with E-state index in [0.717, 1.165) is 0 Å². The Morgan fingerprint density at radius 1 is 0.806 bits per heavy atom. The summed E-state index contributed by atoms with van der Waals surface area (Å²) in [5.74, 6) is -1.71. The van der Waals surface area contributed by atoms with Gasteiger partial charge in [-0.15, -0.1) is 0 Å². The van der Waals surface area contributed by atoms with Crippen molar-refractivity contribution in [2.75, 3.05) is 17.2 Å². The fraction of sp³-hybridized carbons (Fsp3) is 0.346. The number of benzene rings is 2. The van der Waals surface area contributed by atoms with Crippen LogP contribution in [0.2, 0.25) is 0 Å². The van der Waals surface area contributed by atoms with Gasteiger partial charge in [-0.1, -0.05) is 0 Å². The van der Waals surface area contributed by atoms with E-state index in [1.54, 1.807) is 65.8 Å². The van der Waals surface area contributed by atoms with Gasteiger partial charge in [0.15, 0.2) is 0 Å². The van der Waals surface area contributed by atoms with E-state index in [2.05, 4.69) is 16.0 Å². The lowest BCUT2D eigenvalue weighted by Gasteiger charge is -2.29. The van der Waals surface area contributed by atoms with Crippen molar-refractivity contribution < 1.29 is 28.7 Å². The Morgan fingerprint density at radius 3 is 1.92 bits per heavy atom. The number of hydrogen-bond acceptors (Lipinski definition) is 6. The highest BCUT2D eigenvalue weighted by Gasteiger charge is 2.42. The van der Waals surface area contributed by atoms with E-state index in [4.69, 9.17) is 4.74 Å². The average Bonchev–Trinajstić information content (AvgIpc) is 3.02. The van der Waals surface area contributed by atoms with Crippen LogP contribution in [0.25, 0.3) is 0 Å². The zero-order chi connectivity index (χ0) is 26.8. The van der Waals surface area contributed by atoms with E-state index >= 15 is 0 Å². The van der Waals surface area contributed by atoms with Crippen LogP contribution in [-0.2, 0) is 9.53 Å². The Morgan fingerprint density at radius 2 is 1.36 bits per heavy atom. The van der Waals surface area contributed by atoms with Crippen molar-refractivity contribution in [3.63, 3.8) is 0 Å². The molecule has 3 N–H and O–H groups in total. The van der Waals surface area contributed by atoms with Crippen LogP contribution in [0.1, 0.15) is 72.6 Å². The van der Waals surface area contributed by atoms with Crippen molar-refractivity contribution in [1.82, 2.24) is 10.2 Å². The molecule has 0 spiro atoms. The number of anilines is 2.